The number of carbonyl (C=O) groups is 1. The summed E-state index contributed by atoms with van der Waals surface area (Å²) in [5.41, 5.74) is 2.94. The fourth-order valence-electron chi connectivity index (χ4n) is 2.70. The lowest BCUT2D eigenvalue weighted by Gasteiger charge is -2.16. The van der Waals surface area contributed by atoms with Crippen molar-refractivity contribution in [1.29, 1.82) is 0 Å². The molecule has 2 aromatic rings. The third-order valence-corrected chi connectivity index (χ3v) is 3.62. The quantitative estimate of drug-likeness (QED) is 0.715. The number of Topliss-reactive ketones (excluding diaryl/α,β-unsaturated/α-hetero) is 1. The Morgan fingerprint density at radius 2 is 1.89 bits per heavy atom. The highest BCUT2D eigenvalue weighted by atomic mass is 16.1. The summed E-state index contributed by atoms with van der Waals surface area (Å²) in [6.07, 6.45) is 7.93. The van der Waals surface area contributed by atoms with Gasteiger partial charge in [0.25, 0.3) is 0 Å². The molecule has 0 N–H and O–H groups in total. The van der Waals surface area contributed by atoms with Gasteiger partial charge in [-0.3, -0.25) is 4.79 Å². The van der Waals surface area contributed by atoms with Gasteiger partial charge in [0.2, 0.25) is 0 Å². The summed E-state index contributed by atoms with van der Waals surface area (Å²) in [6, 6.07) is 12.2. The van der Waals surface area contributed by atoms with E-state index in [9.17, 15) is 4.79 Å². The first-order chi connectivity index (χ1) is 9.31. The lowest BCUT2D eigenvalue weighted by atomic mass is 9.86. The van der Waals surface area contributed by atoms with Crippen LogP contribution in [-0.2, 0) is 0 Å². The molecule has 94 valence electrons. The van der Waals surface area contributed by atoms with Gasteiger partial charge in [-0.2, -0.15) is 0 Å². The summed E-state index contributed by atoms with van der Waals surface area (Å²) < 4.78 is 0. The van der Waals surface area contributed by atoms with Crippen molar-refractivity contribution >= 4 is 22.6 Å². The van der Waals surface area contributed by atoms with Crippen LogP contribution < -0.4 is 0 Å². The average Bonchev–Trinajstić information content (AvgIpc) is 2.44. The molecular weight excluding hydrogens is 232 g/mol. The zero-order chi connectivity index (χ0) is 13.2. The van der Waals surface area contributed by atoms with Gasteiger partial charge in [-0.25, -0.2) is 0 Å². The van der Waals surface area contributed by atoms with E-state index in [1.165, 1.54) is 5.56 Å². The first-order valence-electron chi connectivity index (χ1n) is 6.69. The molecule has 0 saturated carbocycles. The minimum atomic E-state index is 0.189. The molecule has 2 aromatic carbocycles. The number of ketones is 1. The topological polar surface area (TPSA) is 17.1 Å². The highest BCUT2D eigenvalue weighted by Gasteiger charge is 2.20. The zero-order valence-electron chi connectivity index (χ0n) is 11.0. The van der Waals surface area contributed by atoms with Gasteiger partial charge in [-0.1, -0.05) is 48.6 Å². The fourth-order valence-corrected chi connectivity index (χ4v) is 2.70. The van der Waals surface area contributed by atoms with Crippen LogP contribution in [0.2, 0.25) is 0 Å². The first kappa shape index (κ1) is 11.9. The van der Waals surface area contributed by atoms with Gasteiger partial charge < -0.3 is 0 Å². The van der Waals surface area contributed by atoms with E-state index in [0.717, 1.165) is 34.8 Å². The maximum absolute atomic E-state index is 12.5. The smallest absolute Gasteiger partial charge is 0.189 e. The van der Waals surface area contributed by atoms with Crippen molar-refractivity contribution in [2.45, 2.75) is 19.8 Å². The van der Waals surface area contributed by atoms with Crippen LogP contribution in [0.25, 0.3) is 16.8 Å². The monoisotopic (exact) mass is 248 g/mol. The van der Waals surface area contributed by atoms with Crippen molar-refractivity contribution in [2.75, 3.05) is 0 Å². The average molecular weight is 248 g/mol. The number of allylic oxidation sites excluding steroid dienone is 3. The van der Waals surface area contributed by atoms with Crippen molar-refractivity contribution in [3.05, 3.63) is 65.3 Å². The van der Waals surface area contributed by atoms with E-state index < -0.39 is 0 Å². The van der Waals surface area contributed by atoms with Crippen LogP contribution in [0.3, 0.4) is 0 Å². The second-order valence-electron chi connectivity index (χ2n) is 4.86. The summed E-state index contributed by atoms with van der Waals surface area (Å²) in [5, 5.41) is 2.25. The van der Waals surface area contributed by atoms with Gasteiger partial charge in [-0.05, 0) is 36.8 Å². The number of carbonyl (C=O) groups excluding carboxylic acids is 1. The Bertz CT molecular complexity index is 699. The normalized spacial score (nSPS) is 14.2. The molecule has 0 aliphatic heterocycles. The van der Waals surface area contributed by atoms with E-state index in [1.54, 1.807) is 0 Å². The van der Waals surface area contributed by atoms with E-state index in [0.29, 0.717) is 0 Å². The van der Waals surface area contributed by atoms with Crippen LogP contribution in [0, 0.1) is 0 Å². The predicted molar refractivity (Wildman–Crippen MR) is 80.3 cm³/mol. The molecule has 1 heteroatoms. The summed E-state index contributed by atoms with van der Waals surface area (Å²) in [7, 11) is 0. The molecule has 0 bridgehead atoms. The summed E-state index contributed by atoms with van der Waals surface area (Å²) in [6.45, 7) is 2.01. The van der Waals surface area contributed by atoms with Gasteiger partial charge in [-0.15, -0.1) is 0 Å². The molecule has 0 heterocycles. The molecule has 19 heavy (non-hydrogen) atoms. The maximum atomic E-state index is 12.5. The molecule has 0 radical (unpaired) electrons. The zero-order valence-corrected chi connectivity index (χ0v) is 11.0. The highest BCUT2D eigenvalue weighted by molar-refractivity contribution is 6.22. The van der Waals surface area contributed by atoms with Gasteiger partial charge in [0.1, 0.15) is 0 Å². The van der Waals surface area contributed by atoms with E-state index >= 15 is 0 Å². The highest BCUT2D eigenvalue weighted by Crippen LogP contribution is 2.32. The fraction of sp³-hybridized carbons (Fsp3) is 0.167. The van der Waals surface area contributed by atoms with Crippen LogP contribution in [0.5, 0.6) is 0 Å². The summed E-state index contributed by atoms with van der Waals surface area (Å²) in [5.74, 6) is 0.189. The van der Waals surface area contributed by atoms with Crippen molar-refractivity contribution in [3.8, 4) is 0 Å². The SMILES string of the molecule is C/C=C/CCC1=Cc2cccc3cccc(c23)C1=O. The van der Waals surface area contributed by atoms with Crippen LogP contribution >= 0.6 is 0 Å². The van der Waals surface area contributed by atoms with Crippen LogP contribution in [0.4, 0.5) is 0 Å². The second-order valence-corrected chi connectivity index (χ2v) is 4.86. The Morgan fingerprint density at radius 3 is 2.68 bits per heavy atom. The minimum Gasteiger partial charge on any atom is -0.289 e. The molecule has 0 saturated heterocycles. The molecule has 0 spiro atoms. The van der Waals surface area contributed by atoms with Gasteiger partial charge in [0, 0.05) is 16.5 Å². The van der Waals surface area contributed by atoms with Crippen LogP contribution in [0.15, 0.2) is 54.1 Å². The standard InChI is InChI=1S/C18H16O/c1-2-3-4-7-15-12-14-10-5-8-13-9-6-11-16(17(13)14)18(15)19/h2-3,5-6,8-12H,4,7H2,1H3/b3-2+. The molecule has 1 aliphatic rings. The van der Waals surface area contributed by atoms with E-state index in [-0.39, 0.29) is 5.78 Å². The van der Waals surface area contributed by atoms with E-state index in [2.05, 4.69) is 36.4 Å². The first-order valence-corrected chi connectivity index (χ1v) is 6.69. The Balaban J connectivity index is 2.11. The molecule has 0 fully saturated rings. The molecule has 1 nitrogen and oxygen atoms in total. The molecule has 1 aliphatic carbocycles. The summed E-state index contributed by atoms with van der Waals surface area (Å²) in [4.78, 5) is 12.5. The molecule has 0 atom stereocenters. The van der Waals surface area contributed by atoms with Crippen molar-refractivity contribution in [2.24, 2.45) is 0 Å². The van der Waals surface area contributed by atoms with Gasteiger partial charge >= 0.3 is 0 Å². The number of benzene rings is 2. The second kappa shape index (κ2) is 4.85. The van der Waals surface area contributed by atoms with Crippen molar-refractivity contribution < 1.29 is 4.79 Å². The molecule has 0 aromatic heterocycles. The number of hydrogen-bond donors (Lipinski definition) is 0. The van der Waals surface area contributed by atoms with Gasteiger partial charge in [0.05, 0.1) is 0 Å². The lowest BCUT2D eigenvalue weighted by Crippen LogP contribution is -2.08. The van der Waals surface area contributed by atoms with Crippen LogP contribution in [0.1, 0.15) is 35.7 Å². The third kappa shape index (κ3) is 2.01. The molecular formula is C18H16O. The predicted octanol–water partition coefficient (Wildman–Crippen LogP) is 4.78. The molecule has 0 amide bonds. The number of rotatable bonds is 3. The maximum Gasteiger partial charge on any atom is 0.189 e. The minimum absolute atomic E-state index is 0.189. The van der Waals surface area contributed by atoms with Gasteiger partial charge in [0.15, 0.2) is 5.78 Å². The number of hydrogen-bond acceptors (Lipinski definition) is 1. The molecule has 3 rings (SSSR count). The van der Waals surface area contributed by atoms with E-state index in [1.807, 2.05) is 25.1 Å². The van der Waals surface area contributed by atoms with Crippen molar-refractivity contribution in [1.82, 2.24) is 0 Å². The largest absolute Gasteiger partial charge is 0.289 e. The Morgan fingerprint density at radius 1 is 1.11 bits per heavy atom. The lowest BCUT2D eigenvalue weighted by molar-refractivity contribution is 0.103. The Hall–Kier alpha value is -2.15. The summed E-state index contributed by atoms with van der Waals surface area (Å²) >= 11 is 0. The Labute approximate surface area is 113 Å². The Kier molecular flexibility index (Phi) is 3.04. The van der Waals surface area contributed by atoms with E-state index in [4.69, 9.17) is 0 Å². The molecule has 0 unspecified atom stereocenters. The third-order valence-electron chi connectivity index (χ3n) is 3.62. The van der Waals surface area contributed by atoms with Crippen LogP contribution in [-0.4, -0.2) is 5.78 Å². The van der Waals surface area contributed by atoms with Crippen molar-refractivity contribution in [3.63, 3.8) is 0 Å².